The molecule has 0 aromatic heterocycles. The minimum Gasteiger partial charge on any atom is -0.332 e. The van der Waals surface area contributed by atoms with Gasteiger partial charge in [-0.2, -0.15) is 0 Å². The molecule has 4 nitrogen and oxygen atoms in total. The van der Waals surface area contributed by atoms with Gasteiger partial charge in [0, 0.05) is 36.9 Å². The standard InChI is InChI=1S/C24H23ClN4S/c25-17-9-11-18(12-10-17)26-24(30)27-29-15-13-28(14-16-29)23-21-7-3-1-5-19(21)20-6-2-4-8-22(20)23/h1-12,23H,13-16H2,(H2,26,27,30). The molecule has 6 heteroatoms. The van der Waals surface area contributed by atoms with E-state index in [1.165, 1.54) is 22.3 Å². The van der Waals surface area contributed by atoms with Gasteiger partial charge < -0.3 is 5.32 Å². The van der Waals surface area contributed by atoms with Crippen LogP contribution in [0, 0.1) is 0 Å². The number of rotatable bonds is 3. The van der Waals surface area contributed by atoms with Crippen LogP contribution in [0.2, 0.25) is 5.02 Å². The van der Waals surface area contributed by atoms with Gasteiger partial charge in [0.1, 0.15) is 0 Å². The predicted molar refractivity (Wildman–Crippen MR) is 128 cm³/mol. The van der Waals surface area contributed by atoms with Gasteiger partial charge in [0.2, 0.25) is 0 Å². The smallest absolute Gasteiger partial charge is 0.185 e. The first-order valence-electron chi connectivity index (χ1n) is 10.2. The maximum atomic E-state index is 5.95. The fraction of sp³-hybridized carbons (Fsp3) is 0.208. The molecule has 1 heterocycles. The second-order valence-electron chi connectivity index (χ2n) is 7.67. The van der Waals surface area contributed by atoms with Crippen molar-refractivity contribution in [1.82, 2.24) is 15.3 Å². The van der Waals surface area contributed by atoms with Crippen LogP contribution in [0.4, 0.5) is 5.69 Å². The van der Waals surface area contributed by atoms with Crippen molar-refractivity contribution in [3.8, 4) is 11.1 Å². The number of piperazine rings is 1. The Kier molecular flexibility index (Phi) is 5.44. The van der Waals surface area contributed by atoms with Crippen molar-refractivity contribution >= 4 is 34.6 Å². The van der Waals surface area contributed by atoms with Crippen LogP contribution in [0.1, 0.15) is 17.2 Å². The number of fused-ring (bicyclic) bond motifs is 3. The van der Waals surface area contributed by atoms with Crippen molar-refractivity contribution in [2.75, 3.05) is 31.5 Å². The number of anilines is 1. The highest BCUT2D eigenvalue weighted by Gasteiger charge is 2.34. The SMILES string of the molecule is S=C(Nc1ccc(Cl)cc1)NN1CCN(C2c3ccccc3-c3ccccc32)CC1. The Morgan fingerprint density at radius 2 is 1.37 bits per heavy atom. The Morgan fingerprint density at radius 1 is 0.800 bits per heavy atom. The Labute approximate surface area is 187 Å². The van der Waals surface area contributed by atoms with E-state index in [1.54, 1.807) is 0 Å². The highest BCUT2D eigenvalue weighted by molar-refractivity contribution is 7.80. The van der Waals surface area contributed by atoms with E-state index in [4.69, 9.17) is 23.8 Å². The third kappa shape index (κ3) is 3.82. The molecule has 3 aromatic carbocycles. The van der Waals surface area contributed by atoms with Gasteiger partial charge in [0.25, 0.3) is 0 Å². The van der Waals surface area contributed by atoms with Crippen molar-refractivity contribution in [2.24, 2.45) is 0 Å². The van der Waals surface area contributed by atoms with Crippen LogP contribution in [0.25, 0.3) is 11.1 Å². The molecule has 3 aromatic rings. The first-order chi connectivity index (χ1) is 14.7. The summed E-state index contributed by atoms with van der Waals surface area (Å²) in [5.74, 6) is 0. The molecule has 0 radical (unpaired) electrons. The lowest BCUT2D eigenvalue weighted by Crippen LogP contribution is -2.54. The number of hydrazine groups is 1. The number of nitrogens with zero attached hydrogens (tertiary/aromatic N) is 2. The highest BCUT2D eigenvalue weighted by atomic mass is 35.5. The van der Waals surface area contributed by atoms with Crippen molar-refractivity contribution < 1.29 is 0 Å². The van der Waals surface area contributed by atoms with Crippen molar-refractivity contribution in [1.29, 1.82) is 0 Å². The quantitative estimate of drug-likeness (QED) is 0.571. The Hall–Kier alpha value is -2.44. The molecule has 152 valence electrons. The Morgan fingerprint density at radius 3 is 1.97 bits per heavy atom. The molecule has 1 fully saturated rings. The Balaban J connectivity index is 1.23. The fourth-order valence-corrected chi connectivity index (χ4v) is 4.82. The van der Waals surface area contributed by atoms with Crippen LogP contribution in [-0.4, -0.2) is 41.2 Å². The third-order valence-corrected chi connectivity index (χ3v) is 6.29. The lowest BCUT2D eigenvalue weighted by molar-refractivity contribution is 0.0937. The lowest BCUT2D eigenvalue weighted by Gasteiger charge is -2.39. The molecule has 5 rings (SSSR count). The summed E-state index contributed by atoms with van der Waals surface area (Å²) in [7, 11) is 0. The molecule has 30 heavy (non-hydrogen) atoms. The molecule has 1 saturated heterocycles. The monoisotopic (exact) mass is 434 g/mol. The zero-order valence-electron chi connectivity index (χ0n) is 16.5. The largest absolute Gasteiger partial charge is 0.332 e. The normalized spacial score (nSPS) is 16.7. The molecular formula is C24H23ClN4S. The van der Waals surface area contributed by atoms with Gasteiger partial charge >= 0.3 is 0 Å². The van der Waals surface area contributed by atoms with E-state index in [0.29, 0.717) is 16.2 Å². The van der Waals surface area contributed by atoms with Crippen LogP contribution < -0.4 is 10.7 Å². The second kappa shape index (κ2) is 8.36. The van der Waals surface area contributed by atoms with E-state index >= 15 is 0 Å². The fourth-order valence-electron chi connectivity index (χ4n) is 4.45. The van der Waals surface area contributed by atoms with E-state index in [-0.39, 0.29) is 0 Å². The minimum absolute atomic E-state index is 0.332. The maximum Gasteiger partial charge on any atom is 0.185 e. The molecule has 0 spiro atoms. The topological polar surface area (TPSA) is 30.5 Å². The van der Waals surface area contributed by atoms with Crippen LogP contribution in [0.15, 0.2) is 72.8 Å². The van der Waals surface area contributed by atoms with Gasteiger partial charge in [-0.3, -0.25) is 10.3 Å². The molecule has 2 aliphatic rings. The molecule has 0 saturated carbocycles. The van der Waals surface area contributed by atoms with Crippen molar-refractivity contribution in [3.05, 3.63) is 88.9 Å². The lowest BCUT2D eigenvalue weighted by atomic mass is 10.0. The minimum atomic E-state index is 0.332. The third-order valence-electron chi connectivity index (χ3n) is 5.84. The van der Waals surface area contributed by atoms with E-state index in [2.05, 4.69) is 69.2 Å². The summed E-state index contributed by atoms with van der Waals surface area (Å²) >= 11 is 11.4. The van der Waals surface area contributed by atoms with E-state index < -0.39 is 0 Å². The number of hydrogen-bond donors (Lipinski definition) is 2. The molecule has 0 atom stereocenters. The summed E-state index contributed by atoms with van der Waals surface area (Å²) in [4.78, 5) is 2.58. The average Bonchev–Trinajstić information content (AvgIpc) is 3.11. The average molecular weight is 435 g/mol. The first-order valence-corrected chi connectivity index (χ1v) is 11.0. The first kappa shape index (κ1) is 19.5. The number of benzene rings is 3. The van der Waals surface area contributed by atoms with Crippen LogP contribution >= 0.6 is 23.8 Å². The Bertz CT molecular complexity index is 1020. The van der Waals surface area contributed by atoms with E-state index in [9.17, 15) is 0 Å². The summed E-state index contributed by atoms with van der Waals surface area (Å²) in [5.41, 5.74) is 9.82. The molecule has 2 N–H and O–H groups in total. The van der Waals surface area contributed by atoms with Crippen LogP contribution in [0.3, 0.4) is 0 Å². The number of hydrogen-bond acceptors (Lipinski definition) is 3. The number of thiocarbonyl (C=S) groups is 1. The van der Waals surface area contributed by atoms with Crippen LogP contribution in [-0.2, 0) is 0 Å². The van der Waals surface area contributed by atoms with E-state index in [1.807, 2.05) is 24.3 Å². The molecule has 0 amide bonds. The molecule has 0 unspecified atom stereocenters. The van der Waals surface area contributed by atoms with Gasteiger partial charge in [-0.1, -0.05) is 60.1 Å². The molecule has 1 aliphatic carbocycles. The zero-order valence-corrected chi connectivity index (χ0v) is 18.1. The second-order valence-corrected chi connectivity index (χ2v) is 8.52. The highest BCUT2D eigenvalue weighted by Crippen LogP contribution is 2.46. The molecule has 0 bridgehead atoms. The van der Waals surface area contributed by atoms with Gasteiger partial charge in [-0.15, -0.1) is 0 Å². The molecule has 1 aliphatic heterocycles. The van der Waals surface area contributed by atoms with Gasteiger partial charge in [0.15, 0.2) is 5.11 Å². The summed E-state index contributed by atoms with van der Waals surface area (Å²) in [5, 5.41) is 6.72. The van der Waals surface area contributed by atoms with E-state index in [0.717, 1.165) is 31.9 Å². The van der Waals surface area contributed by atoms with Gasteiger partial charge in [-0.05, 0) is 58.7 Å². The molecular weight excluding hydrogens is 412 g/mol. The summed E-state index contributed by atoms with van der Waals surface area (Å²) in [6, 6.07) is 25.5. The number of nitrogens with one attached hydrogen (secondary N) is 2. The van der Waals surface area contributed by atoms with Crippen LogP contribution in [0.5, 0.6) is 0 Å². The summed E-state index contributed by atoms with van der Waals surface area (Å²) in [6.45, 7) is 3.76. The van der Waals surface area contributed by atoms with Crippen molar-refractivity contribution in [3.63, 3.8) is 0 Å². The maximum absolute atomic E-state index is 5.95. The van der Waals surface area contributed by atoms with Gasteiger partial charge in [0.05, 0.1) is 6.04 Å². The van der Waals surface area contributed by atoms with Gasteiger partial charge in [-0.25, -0.2) is 5.01 Å². The number of halogens is 1. The zero-order chi connectivity index (χ0) is 20.5. The summed E-state index contributed by atoms with van der Waals surface area (Å²) in [6.07, 6.45) is 0. The predicted octanol–water partition coefficient (Wildman–Crippen LogP) is 4.93. The van der Waals surface area contributed by atoms with Crippen molar-refractivity contribution in [2.45, 2.75) is 6.04 Å². The summed E-state index contributed by atoms with van der Waals surface area (Å²) < 4.78 is 0.